The summed E-state index contributed by atoms with van der Waals surface area (Å²) in [5, 5.41) is 12.8. The first-order valence-electron chi connectivity index (χ1n) is 6.55. The molecule has 0 aliphatic heterocycles. The van der Waals surface area contributed by atoms with Gasteiger partial charge in [-0.05, 0) is 39.2 Å². The number of rotatable bonds is 7. The Morgan fingerprint density at radius 1 is 1.44 bits per heavy atom. The molecule has 0 aromatic rings. The third-order valence-corrected chi connectivity index (χ3v) is 4.34. The molecule has 3 heteroatoms. The summed E-state index contributed by atoms with van der Waals surface area (Å²) < 4.78 is 5.55. The van der Waals surface area contributed by atoms with Crippen LogP contribution in [-0.2, 0) is 4.74 Å². The van der Waals surface area contributed by atoms with Gasteiger partial charge >= 0.3 is 0 Å². The lowest BCUT2D eigenvalue weighted by Crippen LogP contribution is -2.63. The molecule has 0 aromatic heterocycles. The van der Waals surface area contributed by atoms with Crippen LogP contribution in [0.15, 0.2) is 0 Å². The van der Waals surface area contributed by atoms with Gasteiger partial charge in [-0.15, -0.1) is 0 Å². The molecule has 0 bridgehead atoms. The molecule has 1 rings (SSSR count). The Kier molecular flexibility index (Phi) is 5.22. The highest BCUT2D eigenvalue weighted by Crippen LogP contribution is 2.48. The predicted molar refractivity (Wildman–Crippen MR) is 66.5 cm³/mol. The van der Waals surface area contributed by atoms with Gasteiger partial charge in [0.05, 0.1) is 12.2 Å². The van der Waals surface area contributed by atoms with Crippen LogP contribution < -0.4 is 5.32 Å². The van der Waals surface area contributed by atoms with Crippen LogP contribution in [0, 0.1) is 5.41 Å². The fraction of sp³-hybridized carbons (Fsp3) is 1.00. The van der Waals surface area contributed by atoms with Crippen molar-refractivity contribution < 1.29 is 9.84 Å². The van der Waals surface area contributed by atoms with E-state index in [0.717, 1.165) is 32.2 Å². The van der Waals surface area contributed by atoms with Crippen LogP contribution in [0.25, 0.3) is 0 Å². The minimum Gasteiger partial charge on any atom is -0.393 e. The summed E-state index contributed by atoms with van der Waals surface area (Å²) in [6, 6.07) is 0.561. The van der Waals surface area contributed by atoms with Crippen molar-refractivity contribution in [2.75, 3.05) is 13.7 Å². The maximum atomic E-state index is 9.23. The van der Waals surface area contributed by atoms with Crippen molar-refractivity contribution in [2.24, 2.45) is 5.41 Å². The van der Waals surface area contributed by atoms with Crippen LogP contribution >= 0.6 is 0 Å². The van der Waals surface area contributed by atoms with Crippen molar-refractivity contribution >= 4 is 0 Å². The summed E-state index contributed by atoms with van der Waals surface area (Å²) in [7, 11) is 1.82. The zero-order chi connectivity index (χ0) is 12.2. The molecule has 1 aliphatic carbocycles. The van der Waals surface area contributed by atoms with Crippen molar-refractivity contribution in [2.45, 2.75) is 64.7 Å². The van der Waals surface area contributed by atoms with Crippen molar-refractivity contribution in [1.29, 1.82) is 0 Å². The van der Waals surface area contributed by atoms with Crippen molar-refractivity contribution in [3.8, 4) is 0 Å². The number of nitrogens with one attached hydrogen (secondary N) is 1. The fourth-order valence-electron chi connectivity index (χ4n) is 3.03. The zero-order valence-electron chi connectivity index (χ0n) is 11.1. The molecule has 1 aliphatic rings. The average Bonchev–Trinajstić information content (AvgIpc) is 2.24. The summed E-state index contributed by atoms with van der Waals surface area (Å²) in [5.41, 5.74) is 0.313. The number of ether oxygens (including phenoxy) is 1. The van der Waals surface area contributed by atoms with E-state index < -0.39 is 0 Å². The summed E-state index contributed by atoms with van der Waals surface area (Å²) in [6.07, 6.45) is 4.47. The van der Waals surface area contributed by atoms with Gasteiger partial charge in [-0.2, -0.15) is 0 Å². The highest BCUT2D eigenvalue weighted by molar-refractivity contribution is 5.06. The smallest absolute Gasteiger partial charge is 0.0657 e. The van der Waals surface area contributed by atoms with Gasteiger partial charge in [-0.25, -0.2) is 0 Å². The molecule has 3 atom stereocenters. The quantitative estimate of drug-likeness (QED) is 0.701. The van der Waals surface area contributed by atoms with Crippen LogP contribution in [0.1, 0.15) is 46.5 Å². The van der Waals surface area contributed by atoms with Gasteiger partial charge in [0, 0.05) is 18.6 Å². The second-order valence-corrected chi connectivity index (χ2v) is 5.04. The number of aliphatic hydroxyl groups excluding tert-OH is 1. The Morgan fingerprint density at radius 2 is 2.06 bits per heavy atom. The number of aliphatic hydroxyl groups is 1. The molecule has 96 valence electrons. The maximum Gasteiger partial charge on any atom is 0.0657 e. The third kappa shape index (κ3) is 2.58. The summed E-state index contributed by atoms with van der Waals surface area (Å²) >= 11 is 0. The minimum absolute atomic E-state index is 0.205. The Labute approximate surface area is 99.6 Å². The van der Waals surface area contributed by atoms with Crippen molar-refractivity contribution in [1.82, 2.24) is 5.32 Å². The molecule has 0 amide bonds. The molecule has 0 heterocycles. The van der Waals surface area contributed by atoms with Crippen molar-refractivity contribution in [3.63, 3.8) is 0 Å². The molecule has 0 spiro atoms. The number of methoxy groups -OCH3 is 1. The van der Waals surface area contributed by atoms with E-state index in [1.165, 1.54) is 0 Å². The highest BCUT2D eigenvalue weighted by Gasteiger charge is 2.52. The molecule has 0 saturated heterocycles. The van der Waals surface area contributed by atoms with Crippen LogP contribution in [0.3, 0.4) is 0 Å². The first-order chi connectivity index (χ1) is 7.60. The normalized spacial score (nSPS) is 29.8. The Bertz CT molecular complexity index is 202. The van der Waals surface area contributed by atoms with E-state index in [0.29, 0.717) is 17.6 Å². The Morgan fingerprint density at radius 3 is 2.50 bits per heavy atom. The van der Waals surface area contributed by atoms with E-state index in [4.69, 9.17) is 4.74 Å². The lowest BCUT2D eigenvalue weighted by Gasteiger charge is -2.55. The van der Waals surface area contributed by atoms with Gasteiger partial charge in [0.2, 0.25) is 0 Å². The Hall–Kier alpha value is -0.120. The second-order valence-electron chi connectivity index (χ2n) is 5.04. The number of hydrogen-bond donors (Lipinski definition) is 2. The van der Waals surface area contributed by atoms with Gasteiger partial charge < -0.3 is 15.2 Å². The fourth-order valence-corrected chi connectivity index (χ4v) is 3.03. The largest absolute Gasteiger partial charge is 0.393 e. The summed E-state index contributed by atoms with van der Waals surface area (Å²) in [4.78, 5) is 0. The predicted octanol–water partition coefficient (Wildman–Crippen LogP) is 1.94. The summed E-state index contributed by atoms with van der Waals surface area (Å²) in [6.45, 7) is 7.24. The SMILES string of the molecule is CCC1(CC)C(NCCC(C)O)CC1OC. The van der Waals surface area contributed by atoms with Gasteiger partial charge in [0.15, 0.2) is 0 Å². The van der Waals surface area contributed by atoms with Crippen molar-refractivity contribution in [3.05, 3.63) is 0 Å². The minimum atomic E-state index is -0.205. The lowest BCUT2D eigenvalue weighted by atomic mass is 9.58. The molecule has 3 nitrogen and oxygen atoms in total. The molecule has 1 saturated carbocycles. The monoisotopic (exact) mass is 229 g/mol. The van der Waals surface area contributed by atoms with E-state index >= 15 is 0 Å². The molecule has 0 aromatic carbocycles. The van der Waals surface area contributed by atoms with E-state index in [-0.39, 0.29) is 6.10 Å². The van der Waals surface area contributed by atoms with E-state index in [1.807, 2.05) is 14.0 Å². The molecular weight excluding hydrogens is 202 g/mol. The van der Waals surface area contributed by atoms with E-state index in [1.54, 1.807) is 0 Å². The van der Waals surface area contributed by atoms with Gasteiger partial charge in [-0.3, -0.25) is 0 Å². The topological polar surface area (TPSA) is 41.5 Å². The molecule has 16 heavy (non-hydrogen) atoms. The van der Waals surface area contributed by atoms with Crippen LogP contribution in [0.2, 0.25) is 0 Å². The van der Waals surface area contributed by atoms with E-state index in [9.17, 15) is 5.11 Å². The molecule has 1 fully saturated rings. The highest BCUT2D eigenvalue weighted by atomic mass is 16.5. The van der Waals surface area contributed by atoms with Gasteiger partial charge in [0.1, 0.15) is 0 Å². The standard InChI is InChI=1S/C13H27NO2/c1-5-13(6-2)11(9-12(13)16-4)14-8-7-10(3)15/h10-12,14-15H,5-9H2,1-4H3. The molecule has 2 N–H and O–H groups in total. The third-order valence-electron chi connectivity index (χ3n) is 4.34. The van der Waals surface area contributed by atoms with Gasteiger partial charge in [0.25, 0.3) is 0 Å². The second kappa shape index (κ2) is 5.99. The Balaban J connectivity index is 2.43. The van der Waals surface area contributed by atoms with Gasteiger partial charge in [-0.1, -0.05) is 13.8 Å². The molecule has 3 unspecified atom stereocenters. The maximum absolute atomic E-state index is 9.23. The van der Waals surface area contributed by atoms with Crippen LogP contribution in [-0.4, -0.2) is 37.0 Å². The average molecular weight is 229 g/mol. The first kappa shape index (κ1) is 13.9. The molecule has 0 radical (unpaired) electrons. The van der Waals surface area contributed by atoms with Crippen LogP contribution in [0.5, 0.6) is 0 Å². The molecular formula is C13H27NO2. The zero-order valence-corrected chi connectivity index (χ0v) is 11.1. The lowest BCUT2D eigenvalue weighted by molar-refractivity contribution is -0.123. The number of hydrogen-bond acceptors (Lipinski definition) is 3. The summed E-state index contributed by atoms with van der Waals surface area (Å²) in [5.74, 6) is 0. The van der Waals surface area contributed by atoms with E-state index in [2.05, 4.69) is 19.2 Å². The first-order valence-corrected chi connectivity index (χ1v) is 6.55. The van der Waals surface area contributed by atoms with Crippen LogP contribution in [0.4, 0.5) is 0 Å².